The molecule has 17 heavy (non-hydrogen) atoms. The third-order valence-electron chi connectivity index (χ3n) is 3.52. The summed E-state index contributed by atoms with van der Waals surface area (Å²) in [6.45, 7) is 6.75. The molecule has 1 aromatic carbocycles. The Morgan fingerprint density at radius 3 is 2.18 bits per heavy atom. The molecule has 0 bridgehead atoms. The monoisotopic (exact) mass is 233 g/mol. The van der Waals surface area contributed by atoms with Crippen LogP contribution in [0.15, 0.2) is 24.3 Å². The molecule has 1 saturated heterocycles. The van der Waals surface area contributed by atoms with Gasteiger partial charge >= 0.3 is 0 Å². The number of ether oxygens (including phenoxy) is 1. The van der Waals surface area contributed by atoms with Crippen LogP contribution >= 0.6 is 0 Å². The zero-order valence-corrected chi connectivity index (χ0v) is 11.0. The average molecular weight is 233 g/mol. The Hall–Kier alpha value is -1.18. The molecule has 0 aliphatic carbocycles. The number of hydrogen-bond donors (Lipinski definition) is 0. The van der Waals surface area contributed by atoms with Crippen LogP contribution < -0.4 is 9.64 Å². The van der Waals surface area contributed by atoms with Crippen molar-refractivity contribution in [2.75, 3.05) is 18.0 Å². The van der Waals surface area contributed by atoms with Crippen molar-refractivity contribution in [1.29, 1.82) is 0 Å². The SMILES string of the molecule is CCC(CC)Oc1ccc(N2CCCC2)cc1. The van der Waals surface area contributed by atoms with Crippen LogP contribution in [0.3, 0.4) is 0 Å². The molecule has 0 atom stereocenters. The Bertz CT molecular complexity index is 323. The first kappa shape index (κ1) is 12.3. The van der Waals surface area contributed by atoms with Crippen molar-refractivity contribution in [2.24, 2.45) is 0 Å². The van der Waals surface area contributed by atoms with Crippen molar-refractivity contribution in [2.45, 2.75) is 45.6 Å². The fraction of sp³-hybridized carbons (Fsp3) is 0.600. The molecule has 0 aromatic heterocycles. The summed E-state index contributed by atoms with van der Waals surface area (Å²) in [6, 6.07) is 8.57. The number of benzene rings is 1. The van der Waals surface area contributed by atoms with Gasteiger partial charge in [-0.1, -0.05) is 13.8 Å². The zero-order chi connectivity index (χ0) is 12.1. The fourth-order valence-electron chi connectivity index (χ4n) is 2.36. The predicted molar refractivity (Wildman–Crippen MR) is 72.9 cm³/mol. The summed E-state index contributed by atoms with van der Waals surface area (Å²) in [7, 11) is 0. The van der Waals surface area contributed by atoms with Crippen LogP contribution in [0.5, 0.6) is 5.75 Å². The van der Waals surface area contributed by atoms with E-state index in [0.717, 1.165) is 18.6 Å². The molecule has 1 fully saturated rings. The van der Waals surface area contributed by atoms with Gasteiger partial charge in [0.15, 0.2) is 0 Å². The smallest absolute Gasteiger partial charge is 0.119 e. The first-order chi connectivity index (χ1) is 8.33. The van der Waals surface area contributed by atoms with Crippen LogP contribution in [0.1, 0.15) is 39.5 Å². The number of nitrogens with zero attached hydrogens (tertiary/aromatic N) is 1. The van der Waals surface area contributed by atoms with E-state index in [4.69, 9.17) is 4.74 Å². The summed E-state index contributed by atoms with van der Waals surface area (Å²) in [5.74, 6) is 1.00. The number of rotatable bonds is 5. The van der Waals surface area contributed by atoms with Crippen molar-refractivity contribution in [1.82, 2.24) is 0 Å². The Morgan fingerprint density at radius 1 is 1.06 bits per heavy atom. The topological polar surface area (TPSA) is 12.5 Å². The summed E-state index contributed by atoms with van der Waals surface area (Å²) in [5, 5.41) is 0. The molecular formula is C15H23NO. The van der Waals surface area contributed by atoms with E-state index in [1.807, 2.05) is 0 Å². The molecule has 94 valence electrons. The minimum absolute atomic E-state index is 0.354. The molecule has 2 heteroatoms. The van der Waals surface area contributed by atoms with Crippen LogP contribution in [0.25, 0.3) is 0 Å². The van der Waals surface area contributed by atoms with Crippen LogP contribution in [0.4, 0.5) is 5.69 Å². The fourth-order valence-corrected chi connectivity index (χ4v) is 2.36. The summed E-state index contributed by atoms with van der Waals surface area (Å²) in [4.78, 5) is 2.45. The Balaban J connectivity index is 1.97. The van der Waals surface area contributed by atoms with Crippen LogP contribution in [0, 0.1) is 0 Å². The van der Waals surface area contributed by atoms with E-state index >= 15 is 0 Å². The van der Waals surface area contributed by atoms with Crippen molar-refractivity contribution in [3.63, 3.8) is 0 Å². The minimum Gasteiger partial charge on any atom is -0.490 e. The third-order valence-corrected chi connectivity index (χ3v) is 3.52. The van der Waals surface area contributed by atoms with Gasteiger partial charge in [-0.05, 0) is 49.9 Å². The molecule has 2 rings (SSSR count). The van der Waals surface area contributed by atoms with E-state index in [-0.39, 0.29) is 0 Å². The molecular weight excluding hydrogens is 210 g/mol. The van der Waals surface area contributed by atoms with Crippen LogP contribution in [-0.2, 0) is 0 Å². The van der Waals surface area contributed by atoms with E-state index in [2.05, 4.69) is 43.0 Å². The van der Waals surface area contributed by atoms with Gasteiger partial charge in [-0.3, -0.25) is 0 Å². The van der Waals surface area contributed by atoms with Crippen molar-refractivity contribution >= 4 is 5.69 Å². The van der Waals surface area contributed by atoms with Gasteiger partial charge < -0.3 is 9.64 Å². The molecule has 2 nitrogen and oxygen atoms in total. The maximum Gasteiger partial charge on any atom is 0.119 e. The molecule has 1 aromatic rings. The second kappa shape index (κ2) is 5.95. The van der Waals surface area contributed by atoms with Gasteiger partial charge in [0.05, 0.1) is 6.10 Å². The number of hydrogen-bond acceptors (Lipinski definition) is 2. The van der Waals surface area contributed by atoms with E-state index in [1.54, 1.807) is 0 Å². The maximum atomic E-state index is 5.91. The average Bonchev–Trinajstić information content (AvgIpc) is 2.90. The largest absolute Gasteiger partial charge is 0.490 e. The molecule has 1 aliphatic rings. The predicted octanol–water partition coefficient (Wildman–Crippen LogP) is 3.85. The summed E-state index contributed by atoms with van der Waals surface area (Å²) in [6.07, 6.45) is 5.15. The Labute approximate surface area is 105 Å². The highest BCUT2D eigenvalue weighted by molar-refractivity contribution is 5.49. The molecule has 0 spiro atoms. The lowest BCUT2D eigenvalue weighted by molar-refractivity contribution is 0.193. The van der Waals surface area contributed by atoms with E-state index in [9.17, 15) is 0 Å². The van der Waals surface area contributed by atoms with E-state index in [1.165, 1.54) is 31.6 Å². The second-order valence-corrected chi connectivity index (χ2v) is 4.74. The van der Waals surface area contributed by atoms with E-state index in [0.29, 0.717) is 6.10 Å². The Morgan fingerprint density at radius 2 is 1.65 bits per heavy atom. The Kier molecular flexibility index (Phi) is 4.29. The van der Waals surface area contributed by atoms with E-state index < -0.39 is 0 Å². The van der Waals surface area contributed by atoms with Gasteiger partial charge in [0.25, 0.3) is 0 Å². The van der Waals surface area contributed by atoms with Crippen molar-refractivity contribution in [3.05, 3.63) is 24.3 Å². The lowest BCUT2D eigenvalue weighted by atomic mass is 10.2. The lowest BCUT2D eigenvalue weighted by Crippen LogP contribution is -2.17. The standard InChI is InChI=1S/C15H23NO/c1-3-14(4-2)17-15-9-7-13(8-10-15)16-11-5-6-12-16/h7-10,14H,3-6,11-12H2,1-2H3. The maximum absolute atomic E-state index is 5.91. The van der Waals surface area contributed by atoms with Gasteiger partial charge in [-0.25, -0.2) is 0 Å². The van der Waals surface area contributed by atoms with Gasteiger partial charge in [-0.2, -0.15) is 0 Å². The summed E-state index contributed by atoms with van der Waals surface area (Å²) in [5.41, 5.74) is 1.33. The van der Waals surface area contributed by atoms with Crippen LogP contribution in [-0.4, -0.2) is 19.2 Å². The van der Waals surface area contributed by atoms with Crippen molar-refractivity contribution < 1.29 is 4.74 Å². The molecule has 0 saturated carbocycles. The normalized spacial score (nSPS) is 15.6. The third kappa shape index (κ3) is 3.15. The second-order valence-electron chi connectivity index (χ2n) is 4.74. The summed E-state index contributed by atoms with van der Waals surface area (Å²) >= 11 is 0. The van der Waals surface area contributed by atoms with Gasteiger partial charge in [0.2, 0.25) is 0 Å². The quantitative estimate of drug-likeness (QED) is 0.766. The molecule has 0 unspecified atom stereocenters. The summed E-state index contributed by atoms with van der Waals surface area (Å²) < 4.78 is 5.91. The minimum atomic E-state index is 0.354. The molecule has 0 N–H and O–H groups in total. The molecule has 0 amide bonds. The number of anilines is 1. The van der Waals surface area contributed by atoms with Crippen molar-refractivity contribution in [3.8, 4) is 5.75 Å². The highest BCUT2D eigenvalue weighted by atomic mass is 16.5. The van der Waals surface area contributed by atoms with Crippen LogP contribution in [0.2, 0.25) is 0 Å². The van der Waals surface area contributed by atoms with Gasteiger partial charge in [0, 0.05) is 18.8 Å². The molecule has 1 aliphatic heterocycles. The highest BCUT2D eigenvalue weighted by Gasteiger charge is 2.12. The molecule has 1 heterocycles. The molecule has 0 radical (unpaired) electrons. The first-order valence-electron chi connectivity index (χ1n) is 6.85. The first-order valence-corrected chi connectivity index (χ1v) is 6.85. The highest BCUT2D eigenvalue weighted by Crippen LogP contribution is 2.24. The van der Waals surface area contributed by atoms with Gasteiger partial charge in [-0.15, -0.1) is 0 Å². The zero-order valence-electron chi connectivity index (χ0n) is 11.0. The lowest BCUT2D eigenvalue weighted by Gasteiger charge is -2.19. The van der Waals surface area contributed by atoms with Gasteiger partial charge in [0.1, 0.15) is 5.75 Å².